The van der Waals surface area contributed by atoms with Crippen LogP contribution < -0.4 is 5.73 Å². The summed E-state index contributed by atoms with van der Waals surface area (Å²) in [5, 5.41) is 0. The van der Waals surface area contributed by atoms with E-state index in [2.05, 4.69) is 0 Å². The second kappa shape index (κ2) is 9.71. The monoisotopic (exact) mass is 450 g/mol. The molecule has 1 unspecified atom stereocenters. The van der Waals surface area contributed by atoms with Crippen LogP contribution in [0.4, 0.5) is 0 Å². The zero-order valence-electron chi connectivity index (χ0n) is 19.1. The minimum atomic E-state index is -0.741. The molecule has 3 aromatic rings. The Bertz CT molecular complexity index is 1220. The van der Waals surface area contributed by atoms with Crippen molar-refractivity contribution in [1.29, 1.82) is 0 Å². The van der Waals surface area contributed by atoms with E-state index in [1.807, 2.05) is 43.3 Å². The molecular weight excluding hydrogens is 424 g/mol. The van der Waals surface area contributed by atoms with Crippen LogP contribution in [0.2, 0.25) is 0 Å². The molecule has 1 heterocycles. The van der Waals surface area contributed by atoms with Gasteiger partial charge in [-0.25, -0.2) is 0 Å². The summed E-state index contributed by atoms with van der Waals surface area (Å²) in [7, 11) is 0. The summed E-state index contributed by atoms with van der Waals surface area (Å²) in [6.45, 7) is 3.61. The molecule has 0 aliphatic carbocycles. The Labute approximate surface area is 199 Å². The van der Waals surface area contributed by atoms with Gasteiger partial charge in [0.05, 0.1) is 0 Å². The fourth-order valence-electron chi connectivity index (χ4n) is 4.18. The molecule has 0 saturated carbocycles. The Kier molecular flexibility index (Phi) is 6.55. The number of Topliss-reactive ketones (excluding diaryl/α,β-unsaturated/α-hetero) is 2. The number of amides is 1. The number of hydrogen-bond acceptors (Lipinski definition) is 4. The van der Waals surface area contributed by atoms with Crippen LogP contribution in [0.15, 0.2) is 108 Å². The summed E-state index contributed by atoms with van der Waals surface area (Å²) in [6, 6.07) is 24.9. The number of nitrogens with two attached hydrogens (primary N) is 1. The van der Waals surface area contributed by atoms with Crippen molar-refractivity contribution in [2.75, 3.05) is 0 Å². The Morgan fingerprint density at radius 2 is 1.18 bits per heavy atom. The maximum Gasteiger partial charge on any atom is 0.240 e. The molecule has 1 atom stereocenters. The molecule has 5 nitrogen and oxygen atoms in total. The van der Waals surface area contributed by atoms with Crippen LogP contribution >= 0.6 is 0 Å². The van der Waals surface area contributed by atoms with Gasteiger partial charge in [-0.15, -0.1) is 0 Å². The molecule has 0 saturated heterocycles. The molecule has 0 radical (unpaired) electrons. The van der Waals surface area contributed by atoms with Crippen LogP contribution in [-0.4, -0.2) is 28.4 Å². The highest BCUT2D eigenvalue weighted by Crippen LogP contribution is 2.40. The molecule has 1 amide bonds. The van der Waals surface area contributed by atoms with Gasteiger partial charge in [-0.1, -0.05) is 84.9 Å². The number of carbonyl (C=O) groups is 3. The minimum absolute atomic E-state index is 0.206. The van der Waals surface area contributed by atoms with Gasteiger partial charge >= 0.3 is 0 Å². The highest BCUT2D eigenvalue weighted by Gasteiger charge is 2.36. The van der Waals surface area contributed by atoms with Crippen LogP contribution in [0, 0.1) is 6.92 Å². The van der Waals surface area contributed by atoms with E-state index in [0.717, 1.165) is 11.1 Å². The summed E-state index contributed by atoms with van der Waals surface area (Å²) >= 11 is 0. The van der Waals surface area contributed by atoms with E-state index in [0.29, 0.717) is 22.3 Å². The summed E-state index contributed by atoms with van der Waals surface area (Å²) in [4.78, 5) is 41.2. The molecule has 2 N–H and O–H groups in total. The van der Waals surface area contributed by atoms with Crippen LogP contribution in [-0.2, 0) is 4.79 Å². The highest BCUT2D eigenvalue weighted by atomic mass is 16.1. The average Bonchev–Trinajstić information content (AvgIpc) is 2.88. The van der Waals surface area contributed by atoms with E-state index in [1.165, 1.54) is 0 Å². The van der Waals surface area contributed by atoms with Crippen molar-refractivity contribution in [3.05, 3.63) is 131 Å². The molecule has 0 spiro atoms. The number of carbonyl (C=O) groups excluding carboxylic acids is 3. The third-order valence-corrected chi connectivity index (χ3v) is 6.15. The lowest BCUT2D eigenvalue weighted by Gasteiger charge is -2.34. The van der Waals surface area contributed by atoms with Crippen molar-refractivity contribution in [3.63, 3.8) is 0 Å². The number of benzene rings is 3. The molecule has 4 rings (SSSR count). The lowest BCUT2D eigenvalue weighted by molar-refractivity contribution is -0.121. The van der Waals surface area contributed by atoms with E-state index in [-0.39, 0.29) is 11.6 Å². The number of ketones is 2. The normalized spacial score (nSPS) is 14.7. The Morgan fingerprint density at radius 3 is 1.62 bits per heavy atom. The molecule has 34 heavy (non-hydrogen) atoms. The van der Waals surface area contributed by atoms with Crippen molar-refractivity contribution in [3.8, 4) is 0 Å². The number of rotatable bonds is 7. The fraction of sp³-hybridized carbons (Fsp3) is 0.138. The highest BCUT2D eigenvalue weighted by molar-refractivity contribution is 6.15. The standard InChI is InChI=1S/C29H26N2O3/c1-19-11-9-10-16-23(19)26-24(27(32)21-12-5-3-6-13-21)17-31(20(2)29(30)34)18-25(26)28(33)22-14-7-4-8-15-22/h3-18,20,26H,1-2H3,(H2,30,34). The zero-order valence-corrected chi connectivity index (χ0v) is 19.1. The first-order valence-electron chi connectivity index (χ1n) is 11.1. The van der Waals surface area contributed by atoms with Gasteiger partial charge in [-0.3, -0.25) is 14.4 Å². The topological polar surface area (TPSA) is 80.5 Å². The fourth-order valence-corrected chi connectivity index (χ4v) is 4.18. The second-order valence-corrected chi connectivity index (χ2v) is 8.37. The lowest BCUT2D eigenvalue weighted by atomic mass is 9.76. The van der Waals surface area contributed by atoms with Crippen molar-refractivity contribution in [2.45, 2.75) is 25.8 Å². The van der Waals surface area contributed by atoms with Crippen LogP contribution in [0.3, 0.4) is 0 Å². The van der Waals surface area contributed by atoms with Crippen molar-refractivity contribution >= 4 is 17.5 Å². The van der Waals surface area contributed by atoms with Gasteiger partial charge in [0.1, 0.15) is 6.04 Å². The SMILES string of the molecule is Cc1ccccc1C1C(C(=O)c2ccccc2)=CN(C(C)C(N)=O)C=C1C(=O)c1ccccc1. The van der Waals surface area contributed by atoms with Crippen LogP contribution in [0.5, 0.6) is 0 Å². The molecule has 1 aliphatic rings. The number of allylic oxidation sites excluding steroid dienone is 2. The Hall–Kier alpha value is -4.25. The average molecular weight is 451 g/mol. The zero-order chi connectivity index (χ0) is 24.2. The maximum atomic E-state index is 13.8. The largest absolute Gasteiger partial charge is 0.368 e. The van der Waals surface area contributed by atoms with E-state index in [4.69, 9.17) is 5.73 Å². The summed E-state index contributed by atoms with van der Waals surface area (Å²) < 4.78 is 0. The molecule has 0 aromatic heterocycles. The smallest absolute Gasteiger partial charge is 0.240 e. The summed E-state index contributed by atoms with van der Waals surface area (Å²) in [6.07, 6.45) is 3.31. The summed E-state index contributed by atoms with van der Waals surface area (Å²) in [5.74, 6) is -1.57. The molecule has 1 aliphatic heterocycles. The van der Waals surface area contributed by atoms with E-state index < -0.39 is 17.9 Å². The predicted molar refractivity (Wildman–Crippen MR) is 132 cm³/mol. The van der Waals surface area contributed by atoms with Crippen molar-refractivity contribution in [1.82, 2.24) is 4.90 Å². The first-order chi connectivity index (χ1) is 16.4. The van der Waals surface area contributed by atoms with Gasteiger partial charge in [-0.2, -0.15) is 0 Å². The number of nitrogens with zero attached hydrogens (tertiary/aromatic N) is 1. The molecule has 0 fully saturated rings. The maximum absolute atomic E-state index is 13.8. The van der Waals surface area contributed by atoms with Crippen LogP contribution in [0.1, 0.15) is 44.7 Å². The molecule has 170 valence electrons. The minimum Gasteiger partial charge on any atom is -0.368 e. The molecule has 3 aromatic carbocycles. The van der Waals surface area contributed by atoms with Gasteiger partial charge in [0, 0.05) is 40.6 Å². The molecule has 0 bridgehead atoms. The third kappa shape index (κ3) is 4.46. The van der Waals surface area contributed by atoms with Crippen molar-refractivity contribution in [2.24, 2.45) is 5.73 Å². The Morgan fingerprint density at radius 1 is 0.735 bits per heavy atom. The first-order valence-corrected chi connectivity index (χ1v) is 11.1. The van der Waals surface area contributed by atoms with Gasteiger partial charge in [0.25, 0.3) is 0 Å². The van der Waals surface area contributed by atoms with E-state index in [9.17, 15) is 14.4 Å². The number of hydrogen-bond donors (Lipinski definition) is 1. The van der Waals surface area contributed by atoms with Gasteiger partial charge in [-0.05, 0) is 25.0 Å². The van der Waals surface area contributed by atoms with Gasteiger partial charge in [0.2, 0.25) is 5.91 Å². The van der Waals surface area contributed by atoms with E-state index >= 15 is 0 Å². The van der Waals surface area contributed by atoms with Gasteiger partial charge in [0.15, 0.2) is 11.6 Å². The quantitative estimate of drug-likeness (QED) is 0.524. The molecule has 5 heteroatoms. The second-order valence-electron chi connectivity index (χ2n) is 8.37. The lowest BCUT2D eigenvalue weighted by Crippen LogP contribution is -2.40. The Balaban J connectivity index is 1.94. The predicted octanol–water partition coefficient (Wildman–Crippen LogP) is 4.80. The summed E-state index contributed by atoms with van der Waals surface area (Å²) in [5.41, 5.74) is 9.25. The van der Waals surface area contributed by atoms with Crippen LogP contribution in [0.25, 0.3) is 0 Å². The third-order valence-electron chi connectivity index (χ3n) is 6.15. The van der Waals surface area contributed by atoms with Crippen molar-refractivity contribution < 1.29 is 14.4 Å². The number of aryl methyl sites for hydroxylation is 1. The van der Waals surface area contributed by atoms with Gasteiger partial charge < -0.3 is 10.6 Å². The first kappa shape index (κ1) is 22.9. The number of primary amides is 1. The van der Waals surface area contributed by atoms with E-state index in [1.54, 1.807) is 72.8 Å². The molecular formula is C29H26N2O3.